The highest BCUT2D eigenvalue weighted by Crippen LogP contribution is 2.49. The fourth-order valence-electron chi connectivity index (χ4n) is 3.19. The van der Waals surface area contributed by atoms with Crippen molar-refractivity contribution in [1.29, 1.82) is 0 Å². The highest BCUT2D eigenvalue weighted by Gasteiger charge is 2.26. The summed E-state index contributed by atoms with van der Waals surface area (Å²) in [4.78, 5) is 0. The Hall–Kier alpha value is -2.14. The molecule has 0 atom stereocenters. The summed E-state index contributed by atoms with van der Waals surface area (Å²) in [5.74, 6) is 5.00. The van der Waals surface area contributed by atoms with Crippen molar-refractivity contribution in [1.82, 2.24) is 0 Å². The molecule has 7 nitrogen and oxygen atoms in total. The van der Waals surface area contributed by atoms with Crippen molar-refractivity contribution in [2.24, 2.45) is 0 Å². The standard InChI is InChI=1S/C23H36O7/c1-7-8-9-10-11-12-13-14-19-22(29-16-25-4)20(27-6)18(2)21(28-15-24-3)23(19)30-17-26-5/h1H,8-17H2,2-6H3. The van der Waals surface area contributed by atoms with Crippen molar-refractivity contribution < 1.29 is 33.2 Å². The first-order valence-corrected chi connectivity index (χ1v) is 10.2. The molecule has 0 N–H and O–H groups in total. The Balaban J connectivity index is 3.22. The lowest BCUT2D eigenvalue weighted by atomic mass is 9.99. The molecular formula is C23H36O7. The third kappa shape index (κ3) is 7.94. The van der Waals surface area contributed by atoms with Gasteiger partial charge in [0.05, 0.1) is 7.11 Å². The summed E-state index contributed by atoms with van der Waals surface area (Å²) in [5, 5.41) is 0. The fourth-order valence-corrected chi connectivity index (χ4v) is 3.19. The molecule has 0 amide bonds. The average molecular weight is 425 g/mol. The lowest BCUT2D eigenvalue weighted by Crippen LogP contribution is -2.12. The Bertz CT molecular complexity index is 652. The predicted octanol–water partition coefficient (Wildman–Crippen LogP) is 4.47. The van der Waals surface area contributed by atoms with Gasteiger partial charge in [-0.1, -0.05) is 19.3 Å². The summed E-state index contributed by atoms with van der Waals surface area (Å²) in [6.45, 7) is 2.15. The van der Waals surface area contributed by atoms with E-state index in [1.807, 2.05) is 6.92 Å². The van der Waals surface area contributed by atoms with Gasteiger partial charge in [0.15, 0.2) is 43.4 Å². The van der Waals surface area contributed by atoms with E-state index >= 15 is 0 Å². The first-order chi connectivity index (χ1) is 14.7. The maximum absolute atomic E-state index is 5.92. The van der Waals surface area contributed by atoms with Crippen LogP contribution in [0.25, 0.3) is 0 Å². The first-order valence-electron chi connectivity index (χ1n) is 10.2. The van der Waals surface area contributed by atoms with E-state index in [0.717, 1.165) is 56.1 Å². The molecule has 0 bridgehead atoms. The van der Waals surface area contributed by atoms with Gasteiger partial charge in [0.1, 0.15) is 0 Å². The van der Waals surface area contributed by atoms with E-state index in [9.17, 15) is 0 Å². The molecule has 0 saturated carbocycles. The van der Waals surface area contributed by atoms with Gasteiger partial charge in [-0.2, -0.15) is 0 Å². The second-order valence-corrected chi connectivity index (χ2v) is 6.75. The Labute approximate surface area is 180 Å². The Morgan fingerprint density at radius 2 is 1.17 bits per heavy atom. The van der Waals surface area contributed by atoms with Crippen molar-refractivity contribution in [2.45, 2.75) is 51.9 Å². The number of hydrogen-bond acceptors (Lipinski definition) is 7. The van der Waals surface area contributed by atoms with Gasteiger partial charge in [0, 0.05) is 38.9 Å². The molecule has 0 radical (unpaired) electrons. The first kappa shape index (κ1) is 25.9. The van der Waals surface area contributed by atoms with E-state index in [1.165, 1.54) is 0 Å². The van der Waals surface area contributed by atoms with Crippen molar-refractivity contribution >= 4 is 0 Å². The van der Waals surface area contributed by atoms with E-state index in [4.69, 9.17) is 39.6 Å². The van der Waals surface area contributed by atoms with Gasteiger partial charge in [-0.15, -0.1) is 12.3 Å². The Morgan fingerprint density at radius 3 is 1.70 bits per heavy atom. The molecule has 0 saturated heterocycles. The fraction of sp³-hybridized carbons (Fsp3) is 0.652. The molecule has 0 aromatic heterocycles. The zero-order valence-electron chi connectivity index (χ0n) is 19.0. The van der Waals surface area contributed by atoms with Gasteiger partial charge in [0.25, 0.3) is 0 Å². The zero-order valence-corrected chi connectivity index (χ0v) is 19.0. The summed E-state index contributed by atoms with van der Waals surface area (Å²) in [6.07, 6.45) is 12.2. The topological polar surface area (TPSA) is 64.6 Å². The van der Waals surface area contributed by atoms with Crippen LogP contribution >= 0.6 is 0 Å². The summed E-state index contributed by atoms with van der Waals surface area (Å²) in [5.41, 5.74) is 1.62. The van der Waals surface area contributed by atoms with Gasteiger partial charge in [-0.25, -0.2) is 0 Å². The maximum Gasteiger partial charge on any atom is 0.188 e. The van der Waals surface area contributed by atoms with Crippen molar-refractivity contribution in [2.75, 3.05) is 48.8 Å². The van der Waals surface area contributed by atoms with Crippen LogP contribution in [-0.4, -0.2) is 48.8 Å². The molecule has 7 heteroatoms. The normalized spacial score (nSPS) is 10.5. The van der Waals surface area contributed by atoms with Gasteiger partial charge in [-0.3, -0.25) is 0 Å². The molecule has 0 aliphatic rings. The monoisotopic (exact) mass is 424 g/mol. The number of ether oxygens (including phenoxy) is 7. The van der Waals surface area contributed by atoms with Crippen LogP contribution in [0.5, 0.6) is 23.0 Å². The minimum atomic E-state index is 0.0813. The second kappa shape index (κ2) is 15.7. The number of hydrogen-bond donors (Lipinski definition) is 0. The Kier molecular flexibility index (Phi) is 13.5. The van der Waals surface area contributed by atoms with Gasteiger partial charge >= 0.3 is 0 Å². The number of methoxy groups -OCH3 is 4. The molecule has 0 unspecified atom stereocenters. The van der Waals surface area contributed by atoms with Gasteiger partial charge < -0.3 is 33.2 Å². The SMILES string of the molecule is C#CCCCCCCCc1c(OCOC)c(OC)c(C)c(OCOC)c1OCOC. The molecule has 0 aliphatic carbocycles. The van der Waals surface area contributed by atoms with Gasteiger partial charge in [-0.05, 0) is 26.2 Å². The summed E-state index contributed by atoms with van der Waals surface area (Å²) >= 11 is 0. The second-order valence-electron chi connectivity index (χ2n) is 6.75. The number of terminal acetylenes is 1. The van der Waals surface area contributed by atoms with Crippen LogP contribution in [0.2, 0.25) is 0 Å². The smallest absolute Gasteiger partial charge is 0.188 e. The van der Waals surface area contributed by atoms with E-state index in [1.54, 1.807) is 28.4 Å². The summed E-state index contributed by atoms with van der Waals surface area (Å²) in [6, 6.07) is 0. The van der Waals surface area contributed by atoms with E-state index < -0.39 is 0 Å². The van der Waals surface area contributed by atoms with Crippen LogP contribution in [-0.2, 0) is 20.6 Å². The zero-order chi connectivity index (χ0) is 22.2. The van der Waals surface area contributed by atoms with Crippen LogP contribution in [0.3, 0.4) is 0 Å². The molecule has 0 spiro atoms. The lowest BCUT2D eigenvalue weighted by Gasteiger charge is -2.24. The van der Waals surface area contributed by atoms with Crippen LogP contribution in [0.4, 0.5) is 0 Å². The third-order valence-corrected chi connectivity index (χ3v) is 4.56. The highest BCUT2D eigenvalue weighted by atomic mass is 16.7. The van der Waals surface area contributed by atoms with Gasteiger partial charge in [0.2, 0.25) is 0 Å². The minimum absolute atomic E-state index is 0.0813. The van der Waals surface area contributed by atoms with Crippen molar-refractivity contribution in [3.05, 3.63) is 11.1 Å². The molecule has 1 aromatic carbocycles. The molecule has 170 valence electrons. The summed E-state index contributed by atoms with van der Waals surface area (Å²) in [7, 11) is 6.32. The maximum atomic E-state index is 5.92. The number of rotatable bonds is 17. The molecule has 1 aromatic rings. The number of benzene rings is 1. The largest absolute Gasteiger partial charge is 0.492 e. The van der Waals surface area contributed by atoms with Crippen LogP contribution < -0.4 is 18.9 Å². The average Bonchev–Trinajstić information content (AvgIpc) is 2.75. The van der Waals surface area contributed by atoms with Crippen LogP contribution in [0.1, 0.15) is 49.7 Å². The molecular weight excluding hydrogens is 388 g/mol. The highest BCUT2D eigenvalue weighted by molar-refractivity contribution is 5.66. The van der Waals surface area contributed by atoms with Crippen molar-refractivity contribution in [3.8, 4) is 35.3 Å². The molecule has 30 heavy (non-hydrogen) atoms. The summed E-state index contributed by atoms with van der Waals surface area (Å²) < 4.78 is 38.7. The quantitative estimate of drug-likeness (QED) is 0.208. The predicted molar refractivity (Wildman–Crippen MR) is 115 cm³/mol. The Morgan fingerprint density at radius 1 is 0.667 bits per heavy atom. The molecule has 1 rings (SSSR count). The van der Waals surface area contributed by atoms with Crippen LogP contribution in [0.15, 0.2) is 0 Å². The van der Waals surface area contributed by atoms with E-state index in [2.05, 4.69) is 5.92 Å². The molecule has 0 aliphatic heterocycles. The van der Waals surface area contributed by atoms with Crippen molar-refractivity contribution in [3.63, 3.8) is 0 Å². The number of unbranched alkanes of at least 4 members (excludes halogenated alkanes) is 5. The molecule has 0 fully saturated rings. The van der Waals surface area contributed by atoms with E-state index in [0.29, 0.717) is 23.0 Å². The molecule has 0 heterocycles. The third-order valence-electron chi connectivity index (χ3n) is 4.56. The van der Waals surface area contributed by atoms with E-state index in [-0.39, 0.29) is 20.4 Å². The lowest BCUT2D eigenvalue weighted by molar-refractivity contribution is 0.0287. The minimum Gasteiger partial charge on any atom is -0.492 e. The van der Waals surface area contributed by atoms with Crippen LogP contribution in [0, 0.1) is 19.3 Å².